The SMILES string of the molecule is CCOC(=O)C1=C(O)/C(=C\c2ccc(-c3ccccc3)cc2)SC1=Nc1ccc(OC)cc1. The fourth-order valence-corrected chi connectivity index (χ4v) is 4.35. The van der Waals surface area contributed by atoms with Gasteiger partial charge in [-0.3, -0.25) is 0 Å². The van der Waals surface area contributed by atoms with E-state index in [1.165, 1.54) is 11.8 Å². The van der Waals surface area contributed by atoms with Gasteiger partial charge in [-0.25, -0.2) is 9.79 Å². The van der Waals surface area contributed by atoms with Crippen LogP contribution in [-0.2, 0) is 9.53 Å². The maximum atomic E-state index is 12.6. The number of aliphatic imine (C=N–C) groups is 1. The van der Waals surface area contributed by atoms with Crippen molar-refractivity contribution in [3.05, 3.63) is 101 Å². The first kappa shape index (κ1) is 22.4. The summed E-state index contributed by atoms with van der Waals surface area (Å²) in [4.78, 5) is 17.7. The zero-order valence-electron chi connectivity index (χ0n) is 18.3. The largest absolute Gasteiger partial charge is 0.506 e. The highest BCUT2D eigenvalue weighted by atomic mass is 32.2. The monoisotopic (exact) mass is 457 g/mol. The zero-order chi connectivity index (χ0) is 23.2. The molecule has 1 N–H and O–H groups in total. The molecule has 0 spiro atoms. The molecule has 33 heavy (non-hydrogen) atoms. The molecule has 4 rings (SSSR count). The molecule has 0 atom stereocenters. The first-order valence-corrected chi connectivity index (χ1v) is 11.3. The summed E-state index contributed by atoms with van der Waals surface area (Å²) >= 11 is 1.24. The number of thioether (sulfide) groups is 1. The van der Waals surface area contributed by atoms with Crippen molar-refractivity contribution >= 4 is 34.5 Å². The Balaban J connectivity index is 1.66. The molecule has 166 valence electrons. The van der Waals surface area contributed by atoms with Crippen molar-refractivity contribution in [1.82, 2.24) is 0 Å². The Morgan fingerprint density at radius 2 is 1.64 bits per heavy atom. The number of hydrogen-bond donors (Lipinski definition) is 1. The molecule has 0 unspecified atom stereocenters. The van der Waals surface area contributed by atoms with Crippen LogP contribution in [0.4, 0.5) is 5.69 Å². The lowest BCUT2D eigenvalue weighted by atomic mass is 10.0. The van der Waals surface area contributed by atoms with Crippen LogP contribution >= 0.6 is 11.8 Å². The van der Waals surface area contributed by atoms with Crippen LogP contribution in [-0.4, -0.2) is 29.8 Å². The van der Waals surface area contributed by atoms with Crippen LogP contribution in [0.3, 0.4) is 0 Å². The van der Waals surface area contributed by atoms with Crippen molar-refractivity contribution < 1.29 is 19.4 Å². The predicted octanol–water partition coefficient (Wildman–Crippen LogP) is 6.56. The summed E-state index contributed by atoms with van der Waals surface area (Å²) in [5.74, 6) is -0.0167. The number of rotatable bonds is 6. The van der Waals surface area contributed by atoms with Crippen LogP contribution < -0.4 is 4.74 Å². The molecule has 0 aromatic heterocycles. The number of nitrogens with zero attached hydrogens (tertiary/aromatic N) is 1. The van der Waals surface area contributed by atoms with Gasteiger partial charge in [-0.2, -0.15) is 0 Å². The lowest BCUT2D eigenvalue weighted by molar-refractivity contribution is -0.138. The lowest BCUT2D eigenvalue weighted by Crippen LogP contribution is -2.12. The number of aliphatic hydroxyl groups excluding tert-OH is 1. The molecule has 0 saturated carbocycles. The van der Waals surface area contributed by atoms with Gasteiger partial charge in [0, 0.05) is 0 Å². The van der Waals surface area contributed by atoms with Crippen LogP contribution in [0.5, 0.6) is 5.75 Å². The van der Waals surface area contributed by atoms with E-state index >= 15 is 0 Å². The van der Waals surface area contributed by atoms with E-state index in [4.69, 9.17) is 9.47 Å². The second-order valence-corrected chi connectivity index (χ2v) is 8.19. The highest BCUT2D eigenvalue weighted by Gasteiger charge is 2.33. The van der Waals surface area contributed by atoms with E-state index < -0.39 is 5.97 Å². The van der Waals surface area contributed by atoms with Gasteiger partial charge in [0.1, 0.15) is 22.1 Å². The molecule has 0 fully saturated rings. The summed E-state index contributed by atoms with van der Waals surface area (Å²) in [6.07, 6.45) is 1.84. The minimum Gasteiger partial charge on any atom is -0.506 e. The Hall–Kier alpha value is -3.77. The number of esters is 1. The summed E-state index contributed by atoms with van der Waals surface area (Å²) in [5.41, 5.74) is 3.85. The molecule has 0 bridgehead atoms. The molecule has 5 nitrogen and oxygen atoms in total. The number of benzene rings is 3. The number of methoxy groups -OCH3 is 1. The predicted molar refractivity (Wildman–Crippen MR) is 134 cm³/mol. The molecule has 0 saturated heterocycles. The Kier molecular flexibility index (Phi) is 6.95. The van der Waals surface area contributed by atoms with Gasteiger partial charge in [-0.05, 0) is 54.0 Å². The van der Waals surface area contributed by atoms with Crippen molar-refractivity contribution in [1.29, 1.82) is 0 Å². The average Bonchev–Trinajstić information content (AvgIpc) is 3.15. The Bertz CT molecular complexity index is 1230. The van der Waals surface area contributed by atoms with Crippen molar-refractivity contribution in [3.8, 4) is 16.9 Å². The molecule has 3 aromatic rings. The standard InChI is InChI=1S/C27H23NO4S/c1-3-32-27(30)24-25(29)23(33-26(24)28-21-13-15-22(31-2)16-14-21)17-18-9-11-20(12-10-18)19-7-5-4-6-8-19/h4-17,29H,3H2,1-2H3/b23-17+,28-26?. The normalized spacial score (nSPS) is 15.8. The number of aliphatic hydroxyl groups is 1. The van der Waals surface area contributed by atoms with Crippen LogP contribution in [0.25, 0.3) is 17.2 Å². The molecular formula is C27H23NO4S. The Morgan fingerprint density at radius 1 is 0.970 bits per heavy atom. The van der Waals surface area contributed by atoms with Crippen LogP contribution in [0, 0.1) is 0 Å². The molecular weight excluding hydrogens is 434 g/mol. The molecule has 1 aliphatic heterocycles. The van der Waals surface area contributed by atoms with Gasteiger partial charge >= 0.3 is 5.97 Å². The third kappa shape index (κ3) is 5.18. The number of ether oxygens (including phenoxy) is 2. The Morgan fingerprint density at radius 3 is 2.27 bits per heavy atom. The first-order valence-electron chi connectivity index (χ1n) is 10.5. The summed E-state index contributed by atoms with van der Waals surface area (Å²) in [6.45, 7) is 1.93. The quantitative estimate of drug-likeness (QED) is 0.425. The van der Waals surface area contributed by atoms with Crippen molar-refractivity contribution in [2.45, 2.75) is 6.92 Å². The highest BCUT2D eigenvalue weighted by molar-refractivity contribution is 8.18. The maximum absolute atomic E-state index is 12.6. The van der Waals surface area contributed by atoms with Crippen LogP contribution in [0.2, 0.25) is 0 Å². The maximum Gasteiger partial charge on any atom is 0.344 e. The molecule has 1 heterocycles. The molecule has 0 radical (unpaired) electrons. The zero-order valence-corrected chi connectivity index (χ0v) is 19.1. The summed E-state index contributed by atoms with van der Waals surface area (Å²) < 4.78 is 10.3. The van der Waals surface area contributed by atoms with Crippen molar-refractivity contribution in [2.24, 2.45) is 4.99 Å². The fraction of sp³-hybridized carbons (Fsp3) is 0.111. The van der Waals surface area contributed by atoms with Gasteiger partial charge in [0.2, 0.25) is 0 Å². The number of carbonyl (C=O) groups excluding carboxylic acids is 1. The van der Waals surface area contributed by atoms with E-state index in [2.05, 4.69) is 17.1 Å². The smallest absolute Gasteiger partial charge is 0.344 e. The lowest BCUT2D eigenvalue weighted by Gasteiger charge is -2.04. The van der Waals surface area contributed by atoms with Gasteiger partial charge in [-0.15, -0.1) is 0 Å². The molecule has 0 aliphatic carbocycles. The molecule has 3 aromatic carbocycles. The second kappa shape index (κ2) is 10.2. The average molecular weight is 458 g/mol. The topological polar surface area (TPSA) is 68.1 Å². The highest BCUT2D eigenvalue weighted by Crippen LogP contribution is 2.40. The van der Waals surface area contributed by atoms with Crippen molar-refractivity contribution in [2.75, 3.05) is 13.7 Å². The minimum atomic E-state index is -0.599. The molecule has 0 amide bonds. The van der Waals surface area contributed by atoms with E-state index in [1.807, 2.05) is 48.5 Å². The van der Waals surface area contributed by atoms with Crippen LogP contribution in [0.1, 0.15) is 12.5 Å². The van der Waals surface area contributed by atoms with Gasteiger partial charge < -0.3 is 14.6 Å². The third-order valence-electron chi connectivity index (χ3n) is 4.99. The fourth-order valence-electron chi connectivity index (χ4n) is 3.32. The first-order chi connectivity index (χ1) is 16.1. The van der Waals surface area contributed by atoms with Gasteiger partial charge in [-0.1, -0.05) is 66.4 Å². The second-order valence-electron chi connectivity index (χ2n) is 7.16. The van der Waals surface area contributed by atoms with Gasteiger partial charge in [0.05, 0.1) is 24.3 Å². The van der Waals surface area contributed by atoms with E-state index in [0.29, 0.717) is 21.4 Å². The van der Waals surface area contributed by atoms with E-state index in [-0.39, 0.29) is 17.9 Å². The Labute approximate surface area is 197 Å². The summed E-state index contributed by atoms with van der Waals surface area (Å²) in [6, 6.07) is 25.3. The number of carbonyl (C=O) groups is 1. The molecule has 1 aliphatic rings. The van der Waals surface area contributed by atoms with E-state index in [0.717, 1.165) is 16.7 Å². The van der Waals surface area contributed by atoms with Gasteiger partial charge in [0.15, 0.2) is 0 Å². The third-order valence-corrected chi connectivity index (χ3v) is 6.01. The van der Waals surface area contributed by atoms with E-state index in [9.17, 15) is 9.90 Å². The molecule has 6 heteroatoms. The van der Waals surface area contributed by atoms with Crippen molar-refractivity contribution in [3.63, 3.8) is 0 Å². The van der Waals surface area contributed by atoms with E-state index in [1.54, 1.807) is 38.3 Å². The number of hydrogen-bond acceptors (Lipinski definition) is 6. The van der Waals surface area contributed by atoms with Gasteiger partial charge in [0.25, 0.3) is 0 Å². The summed E-state index contributed by atoms with van der Waals surface area (Å²) in [5, 5.41) is 11.3. The summed E-state index contributed by atoms with van der Waals surface area (Å²) in [7, 11) is 1.59. The minimum absolute atomic E-state index is 0.0739. The van der Waals surface area contributed by atoms with Crippen LogP contribution in [0.15, 0.2) is 100 Å².